The fourth-order valence-electron chi connectivity index (χ4n) is 2.20. The smallest absolute Gasteiger partial charge is 0.123 e. The summed E-state index contributed by atoms with van der Waals surface area (Å²) in [6, 6.07) is 9.81. The summed E-state index contributed by atoms with van der Waals surface area (Å²) < 4.78 is 5.41. The van der Waals surface area contributed by atoms with Crippen LogP contribution in [-0.2, 0) is 13.1 Å². The van der Waals surface area contributed by atoms with Gasteiger partial charge in [0.05, 0.1) is 7.11 Å². The highest BCUT2D eigenvalue weighted by molar-refractivity contribution is 7.80. The fraction of sp³-hybridized carbons (Fsp3) is 0.250. The van der Waals surface area contributed by atoms with Gasteiger partial charge in [0.15, 0.2) is 0 Å². The molecular weight excluding hydrogens is 282 g/mol. The van der Waals surface area contributed by atoms with E-state index in [1.54, 1.807) is 19.5 Å². The van der Waals surface area contributed by atoms with E-state index in [2.05, 4.69) is 16.9 Å². The molecule has 0 saturated carbocycles. The largest absolute Gasteiger partial charge is 0.496 e. The van der Waals surface area contributed by atoms with Crippen LogP contribution in [-0.4, -0.2) is 29.0 Å². The maximum atomic E-state index is 5.70. The van der Waals surface area contributed by atoms with Crippen molar-refractivity contribution in [1.82, 2.24) is 9.88 Å². The molecule has 2 N–H and O–H groups in total. The third-order valence-corrected chi connectivity index (χ3v) is 3.44. The van der Waals surface area contributed by atoms with Crippen LogP contribution in [0.25, 0.3) is 0 Å². The molecule has 5 heteroatoms. The van der Waals surface area contributed by atoms with Gasteiger partial charge in [-0.1, -0.05) is 12.2 Å². The Morgan fingerprint density at radius 2 is 1.95 bits per heavy atom. The lowest BCUT2D eigenvalue weighted by Gasteiger charge is -2.19. The van der Waals surface area contributed by atoms with E-state index >= 15 is 0 Å². The molecule has 0 unspecified atom stereocenters. The van der Waals surface area contributed by atoms with Gasteiger partial charge in [0.2, 0.25) is 0 Å². The third kappa shape index (κ3) is 4.24. The first-order valence-electron chi connectivity index (χ1n) is 6.64. The monoisotopic (exact) mass is 301 g/mol. The van der Waals surface area contributed by atoms with Crippen LogP contribution >= 0.6 is 12.2 Å². The first-order valence-corrected chi connectivity index (χ1v) is 7.05. The molecule has 0 amide bonds. The molecule has 2 rings (SSSR count). The Morgan fingerprint density at radius 1 is 1.24 bits per heavy atom. The van der Waals surface area contributed by atoms with E-state index < -0.39 is 0 Å². The molecule has 0 fully saturated rings. The second-order valence-electron chi connectivity index (χ2n) is 4.92. The number of pyridine rings is 1. The minimum Gasteiger partial charge on any atom is -0.496 e. The van der Waals surface area contributed by atoms with E-state index in [-0.39, 0.29) is 0 Å². The number of hydrogen-bond acceptors (Lipinski definition) is 4. The molecule has 1 heterocycles. The molecule has 0 radical (unpaired) electrons. The highest BCUT2D eigenvalue weighted by Crippen LogP contribution is 2.22. The second kappa shape index (κ2) is 7.15. The number of benzene rings is 1. The quantitative estimate of drug-likeness (QED) is 0.830. The molecule has 0 saturated heterocycles. The van der Waals surface area contributed by atoms with Crippen LogP contribution in [0.1, 0.15) is 16.7 Å². The number of aromatic nitrogens is 1. The molecular formula is C16H19N3OS. The van der Waals surface area contributed by atoms with Crippen LogP contribution in [0.2, 0.25) is 0 Å². The third-order valence-electron chi connectivity index (χ3n) is 3.21. The van der Waals surface area contributed by atoms with Crippen LogP contribution in [0.3, 0.4) is 0 Å². The summed E-state index contributed by atoms with van der Waals surface area (Å²) in [6.07, 6.45) is 3.61. The Balaban J connectivity index is 2.13. The van der Waals surface area contributed by atoms with Crippen molar-refractivity contribution in [3.63, 3.8) is 0 Å². The van der Waals surface area contributed by atoms with Crippen molar-refractivity contribution < 1.29 is 4.74 Å². The van der Waals surface area contributed by atoms with Crippen molar-refractivity contribution in [2.75, 3.05) is 14.2 Å². The number of methoxy groups -OCH3 is 1. The molecule has 1 aromatic carbocycles. The Kier molecular flexibility index (Phi) is 5.25. The maximum Gasteiger partial charge on any atom is 0.123 e. The standard InChI is InChI=1S/C16H19N3OS/c1-19(10-12-5-7-18-8-6-12)11-14-9-13(16(17)21)3-4-15(14)20-2/h3-9H,10-11H2,1-2H3,(H2,17,21). The topological polar surface area (TPSA) is 51.4 Å². The Labute approximate surface area is 130 Å². The molecule has 21 heavy (non-hydrogen) atoms. The Bertz CT molecular complexity index is 616. The van der Waals surface area contributed by atoms with Crippen LogP contribution in [0, 0.1) is 0 Å². The molecule has 0 aliphatic rings. The van der Waals surface area contributed by atoms with Gasteiger partial charge in [0.1, 0.15) is 10.7 Å². The summed E-state index contributed by atoms with van der Waals surface area (Å²) in [7, 11) is 3.73. The molecule has 4 nitrogen and oxygen atoms in total. The number of nitrogens with zero attached hydrogens (tertiary/aromatic N) is 2. The number of nitrogens with two attached hydrogens (primary N) is 1. The van der Waals surface area contributed by atoms with Gasteiger partial charge in [0, 0.05) is 36.6 Å². The number of hydrogen-bond donors (Lipinski definition) is 1. The molecule has 0 atom stereocenters. The molecule has 110 valence electrons. The van der Waals surface area contributed by atoms with Crippen molar-refractivity contribution in [3.8, 4) is 5.75 Å². The average Bonchev–Trinajstić information content (AvgIpc) is 2.48. The van der Waals surface area contributed by atoms with E-state index in [9.17, 15) is 0 Å². The van der Waals surface area contributed by atoms with Gasteiger partial charge in [-0.15, -0.1) is 0 Å². The van der Waals surface area contributed by atoms with E-state index in [1.807, 2.05) is 30.3 Å². The van der Waals surface area contributed by atoms with Crippen molar-refractivity contribution in [3.05, 3.63) is 59.4 Å². The lowest BCUT2D eigenvalue weighted by Crippen LogP contribution is -2.18. The van der Waals surface area contributed by atoms with Gasteiger partial charge >= 0.3 is 0 Å². The second-order valence-corrected chi connectivity index (χ2v) is 5.36. The van der Waals surface area contributed by atoms with Gasteiger partial charge < -0.3 is 10.5 Å². The highest BCUT2D eigenvalue weighted by Gasteiger charge is 2.09. The van der Waals surface area contributed by atoms with Gasteiger partial charge in [0.25, 0.3) is 0 Å². The lowest BCUT2D eigenvalue weighted by atomic mass is 10.1. The molecule has 0 spiro atoms. The van der Waals surface area contributed by atoms with Crippen molar-refractivity contribution in [2.24, 2.45) is 5.73 Å². The molecule has 0 aliphatic carbocycles. The highest BCUT2D eigenvalue weighted by atomic mass is 32.1. The molecule has 0 bridgehead atoms. The normalized spacial score (nSPS) is 10.6. The van der Waals surface area contributed by atoms with Crippen LogP contribution in [0.15, 0.2) is 42.7 Å². The molecule has 1 aromatic heterocycles. The van der Waals surface area contributed by atoms with Crippen LogP contribution in [0.4, 0.5) is 0 Å². The Morgan fingerprint density at radius 3 is 2.57 bits per heavy atom. The van der Waals surface area contributed by atoms with E-state index in [4.69, 9.17) is 22.7 Å². The van der Waals surface area contributed by atoms with Gasteiger partial charge in [-0.3, -0.25) is 9.88 Å². The first-order chi connectivity index (χ1) is 10.1. The SMILES string of the molecule is COc1ccc(C(N)=S)cc1CN(C)Cc1ccncc1. The predicted octanol–water partition coefficient (Wildman–Crippen LogP) is 2.36. The number of ether oxygens (including phenoxy) is 1. The zero-order valence-electron chi connectivity index (χ0n) is 12.2. The number of thiocarbonyl (C=S) groups is 1. The summed E-state index contributed by atoms with van der Waals surface area (Å²) in [6.45, 7) is 1.59. The molecule has 2 aromatic rings. The predicted molar refractivity (Wildman–Crippen MR) is 88.3 cm³/mol. The molecule has 0 aliphatic heterocycles. The summed E-state index contributed by atoms with van der Waals surface area (Å²) in [5.41, 5.74) is 8.85. The maximum absolute atomic E-state index is 5.70. The van der Waals surface area contributed by atoms with E-state index in [0.717, 1.165) is 30.0 Å². The van der Waals surface area contributed by atoms with Gasteiger partial charge in [-0.2, -0.15) is 0 Å². The van der Waals surface area contributed by atoms with Crippen molar-refractivity contribution in [2.45, 2.75) is 13.1 Å². The number of rotatable bonds is 6. The van der Waals surface area contributed by atoms with Crippen LogP contribution < -0.4 is 10.5 Å². The van der Waals surface area contributed by atoms with Gasteiger partial charge in [-0.05, 0) is 42.9 Å². The van der Waals surface area contributed by atoms with Gasteiger partial charge in [-0.25, -0.2) is 0 Å². The van der Waals surface area contributed by atoms with Crippen LogP contribution in [0.5, 0.6) is 5.75 Å². The summed E-state index contributed by atoms with van der Waals surface area (Å²) in [5, 5.41) is 0. The zero-order valence-corrected chi connectivity index (χ0v) is 13.1. The summed E-state index contributed by atoms with van der Waals surface area (Å²) >= 11 is 5.04. The fourth-order valence-corrected chi connectivity index (χ4v) is 2.33. The van der Waals surface area contributed by atoms with E-state index in [0.29, 0.717) is 4.99 Å². The minimum atomic E-state index is 0.399. The summed E-state index contributed by atoms with van der Waals surface area (Å²) in [5.74, 6) is 0.844. The summed E-state index contributed by atoms with van der Waals surface area (Å²) in [4.78, 5) is 6.63. The average molecular weight is 301 g/mol. The Hall–Kier alpha value is -1.98. The minimum absolute atomic E-state index is 0.399. The van der Waals surface area contributed by atoms with E-state index in [1.165, 1.54) is 5.56 Å². The first kappa shape index (κ1) is 15.4. The lowest BCUT2D eigenvalue weighted by molar-refractivity contribution is 0.310. The van der Waals surface area contributed by atoms with Crippen molar-refractivity contribution in [1.29, 1.82) is 0 Å². The zero-order chi connectivity index (χ0) is 15.2. The van der Waals surface area contributed by atoms with Crippen molar-refractivity contribution >= 4 is 17.2 Å².